The zero-order valence-electron chi connectivity index (χ0n) is 12.7. The SMILES string of the molecule is OC(CNCCCc1nc(-c2cccs2)no1)c1ccccc1. The fourth-order valence-corrected chi connectivity index (χ4v) is 2.91. The molecule has 120 valence electrons. The standard InChI is InChI=1S/C17H19N3O2S/c21-14(13-6-2-1-3-7-13)12-18-10-4-9-16-19-17(20-22-16)15-8-5-11-23-15/h1-3,5-8,11,14,18,21H,4,9-10,12H2. The summed E-state index contributed by atoms with van der Waals surface area (Å²) in [7, 11) is 0. The molecule has 1 unspecified atom stereocenters. The van der Waals surface area contributed by atoms with Crippen molar-refractivity contribution in [2.24, 2.45) is 0 Å². The molecule has 0 aliphatic carbocycles. The normalized spacial score (nSPS) is 12.4. The maximum Gasteiger partial charge on any atom is 0.227 e. The van der Waals surface area contributed by atoms with Crippen molar-refractivity contribution >= 4 is 11.3 Å². The van der Waals surface area contributed by atoms with Crippen molar-refractivity contribution in [3.8, 4) is 10.7 Å². The molecule has 2 heterocycles. The van der Waals surface area contributed by atoms with Crippen molar-refractivity contribution in [2.45, 2.75) is 18.9 Å². The van der Waals surface area contributed by atoms with Crippen LogP contribution in [0.2, 0.25) is 0 Å². The van der Waals surface area contributed by atoms with Crippen LogP contribution in [0.15, 0.2) is 52.4 Å². The molecule has 0 spiro atoms. The highest BCUT2D eigenvalue weighted by atomic mass is 32.1. The molecule has 0 saturated heterocycles. The largest absolute Gasteiger partial charge is 0.387 e. The van der Waals surface area contributed by atoms with Gasteiger partial charge in [0, 0.05) is 13.0 Å². The Kier molecular flexibility index (Phi) is 5.52. The second-order valence-electron chi connectivity index (χ2n) is 5.22. The van der Waals surface area contributed by atoms with E-state index in [9.17, 15) is 5.11 Å². The number of aromatic nitrogens is 2. The van der Waals surface area contributed by atoms with E-state index in [4.69, 9.17) is 4.52 Å². The molecule has 2 aromatic heterocycles. The minimum absolute atomic E-state index is 0.481. The van der Waals surface area contributed by atoms with Gasteiger partial charge < -0.3 is 14.9 Å². The van der Waals surface area contributed by atoms with Gasteiger partial charge in [0.05, 0.1) is 11.0 Å². The first-order valence-corrected chi connectivity index (χ1v) is 8.51. The number of aliphatic hydroxyl groups is 1. The van der Waals surface area contributed by atoms with Crippen LogP contribution in [0.5, 0.6) is 0 Å². The van der Waals surface area contributed by atoms with Gasteiger partial charge in [-0.05, 0) is 30.0 Å². The Hall–Kier alpha value is -2.02. The number of nitrogens with zero attached hydrogens (tertiary/aromatic N) is 2. The maximum absolute atomic E-state index is 10.0. The maximum atomic E-state index is 10.0. The molecule has 0 aliphatic heterocycles. The van der Waals surface area contributed by atoms with Crippen LogP contribution in [0.25, 0.3) is 10.7 Å². The van der Waals surface area contributed by atoms with Gasteiger partial charge in [0.25, 0.3) is 0 Å². The fourth-order valence-electron chi connectivity index (χ4n) is 2.26. The van der Waals surface area contributed by atoms with Crippen LogP contribution in [-0.2, 0) is 6.42 Å². The highest BCUT2D eigenvalue weighted by Gasteiger charge is 2.09. The summed E-state index contributed by atoms with van der Waals surface area (Å²) in [5, 5.41) is 19.3. The topological polar surface area (TPSA) is 71.2 Å². The van der Waals surface area contributed by atoms with Crippen molar-refractivity contribution in [3.05, 3.63) is 59.3 Å². The third-order valence-corrected chi connectivity index (χ3v) is 4.34. The van der Waals surface area contributed by atoms with Gasteiger partial charge in [0.2, 0.25) is 11.7 Å². The Morgan fingerprint density at radius 1 is 1.17 bits per heavy atom. The first-order valence-electron chi connectivity index (χ1n) is 7.63. The summed E-state index contributed by atoms with van der Waals surface area (Å²) in [6.07, 6.45) is 1.13. The molecule has 0 fully saturated rings. The molecule has 0 saturated carbocycles. The molecule has 5 nitrogen and oxygen atoms in total. The molecule has 0 bridgehead atoms. The van der Waals surface area contributed by atoms with Crippen molar-refractivity contribution in [1.29, 1.82) is 0 Å². The van der Waals surface area contributed by atoms with Crippen molar-refractivity contribution in [1.82, 2.24) is 15.5 Å². The minimum Gasteiger partial charge on any atom is -0.387 e. The van der Waals surface area contributed by atoms with Crippen LogP contribution in [0.1, 0.15) is 24.0 Å². The number of rotatable bonds is 8. The van der Waals surface area contributed by atoms with Gasteiger partial charge >= 0.3 is 0 Å². The summed E-state index contributed by atoms with van der Waals surface area (Å²) in [6, 6.07) is 13.6. The summed E-state index contributed by atoms with van der Waals surface area (Å²) in [6.45, 7) is 1.33. The van der Waals surface area contributed by atoms with Gasteiger partial charge in [-0.3, -0.25) is 0 Å². The van der Waals surface area contributed by atoms with E-state index in [1.54, 1.807) is 11.3 Å². The van der Waals surface area contributed by atoms with Crippen molar-refractivity contribution in [2.75, 3.05) is 13.1 Å². The minimum atomic E-state index is -0.481. The lowest BCUT2D eigenvalue weighted by Crippen LogP contribution is -2.22. The third-order valence-electron chi connectivity index (χ3n) is 3.48. The summed E-state index contributed by atoms with van der Waals surface area (Å²) >= 11 is 1.60. The van der Waals surface area contributed by atoms with E-state index in [0.717, 1.165) is 29.8 Å². The third kappa shape index (κ3) is 4.48. The predicted octanol–water partition coefficient (Wildman–Crippen LogP) is 3.05. The number of thiophene rings is 1. The molecular formula is C17H19N3O2S. The highest BCUT2D eigenvalue weighted by Crippen LogP contribution is 2.21. The molecule has 6 heteroatoms. The van der Waals surface area contributed by atoms with Crippen LogP contribution < -0.4 is 5.32 Å². The molecule has 3 aromatic rings. The molecular weight excluding hydrogens is 310 g/mol. The molecule has 0 aliphatic rings. The monoisotopic (exact) mass is 329 g/mol. The van der Waals surface area contributed by atoms with Crippen molar-refractivity contribution in [3.63, 3.8) is 0 Å². The van der Waals surface area contributed by atoms with Crippen molar-refractivity contribution < 1.29 is 9.63 Å². The second kappa shape index (κ2) is 8.01. The Balaban J connectivity index is 1.37. The highest BCUT2D eigenvalue weighted by molar-refractivity contribution is 7.13. The lowest BCUT2D eigenvalue weighted by atomic mass is 10.1. The van der Waals surface area contributed by atoms with Crippen LogP contribution in [0.4, 0.5) is 0 Å². The predicted molar refractivity (Wildman–Crippen MR) is 90.2 cm³/mol. The number of nitrogens with one attached hydrogen (secondary N) is 1. The van der Waals surface area contributed by atoms with Gasteiger partial charge in [0.15, 0.2) is 0 Å². The van der Waals surface area contributed by atoms with E-state index in [1.165, 1.54) is 0 Å². The van der Waals surface area contributed by atoms with E-state index in [2.05, 4.69) is 15.5 Å². The van der Waals surface area contributed by atoms with E-state index in [-0.39, 0.29) is 0 Å². The summed E-state index contributed by atoms with van der Waals surface area (Å²) in [5.41, 5.74) is 0.928. The summed E-state index contributed by atoms with van der Waals surface area (Å²) in [5.74, 6) is 1.31. The Morgan fingerprint density at radius 3 is 2.83 bits per heavy atom. The van der Waals surface area contributed by atoms with Gasteiger partial charge in [-0.2, -0.15) is 4.98 Å². The molecule has 3 rings (SSSR count). The van der Waals surface area contributed by atoms with E-state index in [1.807, 2.05) is 47.8 Å². The zero-order chi connectivity index (χ0) is 15.9. The Bertz CT molecular complexity index is 698. The molecule has 1 atom stereocenters. The quantitative estimate of drug-likeness (QED) is 0.622. The van der Waals surface area contributed by atoms with Crippen LogP contribution in [0.3, 0.4) is 0 Å². The Labute approximate surface area is 139 Å². The van der Waals surface area contributed by atoms with Gasteiger partial charge in [-0.25, -0.2) is 0 Å². The zero-order valence-corrected chi connectivity index (χ0v) is 13.5. The number of benzene rings is 1. The Morgan fingerprint density at radius 2 is 2.04 bits per heavy atom. The number of hydrogen-bond donors (Lipinski definition) is 2. The molecule has 0 radical (unpaired) electrons. The van der Waals surface area contributed by atoms with E-state index in [0.29, 0.717) is 18.3 Å². The average molecular weight is 329 g/mol. The first kappa shape index (κ1) is 15.9. The molecule has 2 N–H and O–H groups in total. The smallest absolute Gasteiger partial charge is 0.227 e. The second-order valence-corrected chi connectivity index (χ2v) is 6.17. The molecule has 0 amide bonds. The van der Waals surface area contributed by atoms with Gasteiger partial charge in [-0.15, -0.1) is 11.3 Å². The number of aliphatic hydroxyl groups excluding tert-OH is 1. The number of hydrogen-bond acceptors (Lipinski definition) is 6. The van der Waals surface area contributed by atoms with Gasteiger partial charge in [-0.1, -0.05) is 41.6 Å². The molecule has 1 aromatic carbocycles. The summed E-state index contributed by atoms with van der Waals surface area (Å²) < 4.78 is 5.25. The van der Waals surface area contributed by atoms with Crippen LogP contribution in [-0.4, -0.2) is 28.3 Å². The molecule has 23 heavy (non-hydrogen) atoms. The van der Waals surface area contributed by atoms with E-state index >= 15 is 0 Å². The lowest BCUT2D eigenvalue weighted by molar-refractivity contribution is 0.174. The van der Waals surface area contributed by atoms with Crippen LogP contribution in [0, 0.1) is 0 Å². The average Bonchev–Trinajstić information content (AvgIpc) is 3.26. The fraction of sp³-hybridized carbons (Fsp3) is 0.294. The first-order chi connectivity index (χ1) is 11.3. The van der Waals surface area contributed by atoms with E-state index < -0.39 is 6.10 Å². The lowest BCUT2D eigenvalue weighted by Gasteiger charge is -2.11. The summed E-state index contributed by atoms with van der Waals surface area (Å²) in [4.78, 5) is 5.41. The number of aryl methyl sites for hydroxylation is 1. The van der Waals surface area contributed by atoms with Crippen LogP contribution >= 0.6 is 11.3 Å². The van der Waals surface area contributed by atoms with Gasteiger partial charge in [0.1, 0.15) is 0 Å².